The zero-order chi connectivity index (χ0) is 24.4. The number of para-hydroxylation sites is 1. The molecular formula is C26H33N5O3S. The third-order valence-electron chi connectivity index (χ3n) is 7.00. The van der Waals surface area contributed by atoms with Gasteiger partial charge in [0.1, 0.15) is 4.83 Å². The molecule has 0 spiro atoms. The Hall–Kier alpha value is -2.91. The first-order valence-electron chi connectivity index (χ1n) is 12.6. The largest absolute Gasteiger partial charge is 0.465 e. The fraction of sp³-hybridized carbons (Fsp3) is 0.500. The van der Waals surface area contributed by atoms with Gasteiger partial charge in [0.05, 0.1) is 12.0 Å². The van der Waals surface area contributed by atoms with E-state index in [1.54, 1.807) is 15.9 Å². The maximum atomic E-state index is 13.5. The summed E-state index contributed by atoms with van der Waals surface area (Å²) in [7, 11) is 0. The Labute approximate surface area is 209 Å². The summed E-state index contributed by atoms with van der Waals surface area (Å²) in [6.07, 6.45) is 4.32. The molecule has 3 aromatic rings. The number of aryl methyl sites for hydroxylation is 3. The lowest BCUT2D eigenvalue weighted by atomic mass is 9.97. The van der Waals surface area contributed by atoms with Crippen molar-refractivity contribution in [1.82, 2.24) is 19.4 Å². The van der Waals surface area contributed by atoms with Crippen molar-refractivity contribution < 1.29 is 9.53 Å². The second kappa shape index (κ2) is 10.4. The summed E-state index contributed by atoms with van der Waals surface area (Å²) in [5.74, 6) is 0. The number of hydrogen-bond acceptors (Lipinski definition) is 6. The minimum absolute atomic E-state index is 0.0223. The van der Waals surface area contributed by atoms with Gasteiger partial charge < -0.3 is 15.0 Å². The second-order valence-electron chi connectivity index (χ2n) is 9.25. The van der Waals surface area contributed by atoms with Gasteiger partial charge in [-0.25, -0.2) is 4.79 Å². The van der Waals surface area contributed by atoms with E-state index in [2.05, 4.69) is 10.2 Å². The third-order valence-corrected chi connectivity index (χ3v) is 8.18. The number of carbonyl (C=O) groups is 1. The number of nitrogens with zero attached hydrogens (tertiary/aromatic N) is 4. The molecule has 3 heterocycles. The molecule has 0 bridgehead atoms. The van der Waals surface area contributed by atoms with Crippen LogP contribution in [0.25, 0.3) is 10.2 Å². The van der Waals surface area contributed by atoms with E-state index >= 15 is 0 Å². The van der Waals surface area contributed by atoms with E-state index in [-0.39, 0.29) is 11.6 Å². The van der Waals surface area contributed by atoms with Gasteiger partial charge in [-0.2, -0.15) is 4.98 Å². The molecule has 1 aromatic carbocycles. The van der Waals surface area contributed by atoms with E-state index in [0.717, 1.165) is 53.8 Å². The van der Waals surface area contributed by atoms with Crippen LogP contribution in [-0.2, 0) is 19.4 Å². The maximum absolute atomic E-state index is 13.5. The van der Waals surface area contributed by atoms with Crippen molar-refractivity contribution in [3.63, 3.8) is 0 Å². The molecule has 0 saturated carbocycles. The van der Waals surface area contributed by atoms with E-state index in [1.165, 1.54) is 16.9 Å². The molecule has 0 unspecified atom stereocenters. The highest BCUT2D eigenvalue weighted by Gasteiger charge is 2.24. The summed E-state index contributed by atoms with van der Waals surface area (Å²) >= 11 is 1.65. The Kier molecular flexibility index (Phi) is 7.06. The Balaban J connectivity index is 1.25. The van der Waals surface area contributed by atoms with Crippen molar-refractivity contribution in [2.45, 2.75) is 46.1 Å². The lowest BCUT2D eigenvalue weighted by Gasteiger charge is -2.34. The molecule has 186 valence electrons. The van der Waals surface area contributed by atoms with Crippen LogP contribution >= 0.6 is 11.3 Å². The van der Waals surface area contributed by atoms with Gasteiger partial charge >= 0.3 is 12.0 Å². The number of amides is 2. The summed E-state index contributed by atoms with van der Waals surface area (Å²) in [6.45, 7) is 8.46. The second-order valence-corrected chi connectivity index (χ2v) is 10.3. The first-order valence-corrected chi connectivity index (χ1v) is 13.4. The predicted octanol–water partition coefficient (Wildman–Crippen LogP) is 3.89. The van der Waals surface area contributed by atoms with Crippen LogP contribution in [0.3, 0.4) is 0 Å². The van der Waals surface area contributed by atoms with Crippen LogP contribution in [0.2, 0.25) is 0 Å². The van der Waals surface area contributed by atoms with Gasteiger partial charge in [0.2, 0.25) is 0 Å². The van der Waals surface area contributed by atoms with Crippen molar-refractivity contribution in [3.05, 3.63) is 50.6 Å². The number of rotatable bonds is 6. The normalized spacial score (nSPS) is 16.3. The van der Waals surface area contributed by atoms with Gasteiger partial charge in [-0.3, -0.25) is 14.3 Å². The van der Waals surface area contributed by atoms with Crippen molar-refractivity contribution in [1.29, 1.82) is 0 Å². The minimum Gasteiger partial charge on any atom is -0.465 e. The summed E-state index contributed by atoms with van der Waals surface area (Å²) in [5, 5.41) is 3.82. The van der Waals surface area contributed by atoms with Gasteiger partial charge in [0.25, 0.3) is 5.56 Å². The zero-order valence-electron chi connectivity index (χ0n) is 20.5. The molecule has 5 rings (SSSR count). The maximum Gasteiger partial charge on any atom is 0.321 e. The van der Waals surface area contributed by atoms with Gasteiger partial charge in [0.15, 0.2) is 0 Å². The standard InChI is InChI=1S/C26H33N5O3S/c1-3-34-26-28-23-22(19-9-5-7-11-21(19)35-23)24(32)31(26)17-14-29-12-15-30(16-13-29)25(33)27-20-10-6-4-8-18(20)2/h4,6,8,10H,3,5,7,9,11-17H2,1-2H3,(H,27,33). The Morgan fingerprint density at radius 2 is 1.89 bits per heavy atom. The molecule has 1 aliphatic carbocycles. The van der Waals surface area contributed by atoms with Gasteiger partial charge in [-0.1, -0.05) is 18.2 Å². The van der Waals surface area contributed by atoms with Crippen LogP contribution in [0, 0.1) is 6.92 Å². The Morgan fingerprint density at radius 3 is 2.66 bits per heavy atom. The topological polar surface area (TPSA) is 79.7 Å². The number of nitrogens with one attached hydrogen (secondary N) is 1. The summed E-state index contributed by atoms with van der Waals surface area (Å²) in [6, 6.07) is 8.16. The number of piperazine rings is 1. The van der Waals surface area contributed by atoms with E-state index < -0.39 is 0 Å². The number of fused-ring (bicyclic) bond motifs is 3. The quantitative estimate of drug-likeness (QED) is 0.561. The summed E-state index contributed by atoms with van der Waals surface area (Å²) in [5.41, 5.74) is 3.13. The van der Waals surface area contributed by atoms with Crippen molar-refractivity contribution in [3.8, 4) is 6.01 Å². The fourth-order valence-electron chi connectivity index (χ4n) is 4.98. The molecule has 1 fully saturated rings. The summed E-state index contributed by atoms with van der Waals surface area (Å²) in [4.78, 5) is 37.3. The SMILES string of the molecule is CCOc1nc2sc3c(c2c(=O)n1CCN1CCN(C(=O)Nc2ccccc2C)CC1)CCCC3. The number of hydrogen-bond donors (Lipinski definition) is 1. The molecule has 1 aliphatic heterocycles. The van der Waals surface area contributed by atoms with Crippen molar-refractivity contribution >= 4 is 33.3 Å². The number of urea groups is 1. The fourth-order valence-corrected chi connectivity index (χ4v) is 6.22. The van der Waals surface area contributed by atoms with Crippen LogP contribution in [0.4, 0.5) is 10.5 Å². The zero-order valence-corrected chi connectivity index (χ0v) is 21.3. The number of carbonyl (C=O) groups excluding carboxylic acids is 1. The monoisotopic (exact) mass is 495 g/mol. The first-order chi connectivity index (χ1) is 17.0. The van der Waals surface area contributed by atoms with Crippen LogP contribution in [0.15, 0.2) is 29.1 Å². The van der Waals surface area contributed by atoms with Crippen LogP contribution in [0.5, 0.6) is 6.01 Å². The first kappa shape index (κ1) is 23.8. The smallest absolute Gasteiger partial charge is 0.321 e. The highest BCUT2D eigenvalue weighted by Crippen LogP contribution is 2.34. The molecule has 9 heteroatoms. The van der Waals surface area contributed by atoms with Crippen LogP contribution in [0.1, 0.15) is 35.8 Å². The lowest BCUT2D eigenvalue weighted by Crippen LogP contribution is -2.50. The average molecular weight is 496 g/mol. The van der Waals surface area contributed by atoms with Crippen molar-refractivity contribution in [2.75, 3.05) is 44.6 Å². The molecule has 2 aromatic heterocycles. The Morgan fingerprint density at radius 1 is 1.11 bits per heavy atom. The van der Waals surface area contributed by atoms with E-state index in [9.17, 15) is 9.59 Å². The Bertz CT molecular complexity index is 1280. The van der Waals surface area contributed by atoms with Crippen LogP contribution < -0.4 is 15.6 Å². The lowest BCUT2D eigenvalue weighted by molar-refractivity contribution is 0.142. The highest BCUT2D eigenvalue weighted by atomic mass is 32.1. The minimum atomic E-state index is -0.0642. The number of aromatic nitrogens is 2. The molecular weight excluding hydrogens is 462 g/mol. The van der Waals surface area contributed by atoms with E-state index in [0.29, 0.717) is 38.8 Å². The molecule has 0 radical (unpaired) electrons. The summed E-state index contributed by atoms with van der Waals surface area (Å²) < 4.78 is 7.50. The number of thiophene rings is 1. The third kappa shape index (κ3) is 4.92. The number of benzene rings is 1. The van der Waals surface area contributed by atoms with Gasteiger partial charge in [-0.05, 0) is 56.7 Å². The molecule has 0 atom stereocenters. The molecule has 8 nitrogen and oxygen atoms in total. The highest BCUT2D eigenvalue weighted by molar-refractivity contribution is 7.18. The molecule has 1 N–H and O–H groups in total. The average Bonchev–Trinajstić information content (AvgIpc) is 3.24. The van der Waals surface area contributed by atoms with Gasteiger partial charge in [0, 0.05) is 49.8 Å². The molecule has 2 amide bonds. The molecule has 35 heavy (non-hydrogen) atoms. The number of ether oxygens (including phenoxy) is 1. The van der Waals surface area contributed by atoms with Gasteiger partial charge in [-0.15, -0.1) is 11.3 Å². The predicted molar refractivity (Wildman–Crippen MR) is 140 cm³/mol. The molecule has 2 aliphatic rings. The molecule has 1 saturated heterocycles. The number of anilines is 1. The van der Waals surface area contributed by atoms with Crippen molar-refractivity contribution in [2.24, 2.45) is 0 Å². The van der Waals surface area contributed by atoms with E-state index in [4.69, 9.17) is 9.72 Å². The van der Waals surface area contributed by atoms with Crippen LogP contribution in [-0.4, -0.2) is 64.7 Å². The van der Waals surface area contributed by atoms with E-state index in [1.807, 2.05) is 43.0 Å².